The molecule has 0 spiro atoms. The molecule has 0 aromatic rings. The quantitative estimate of drug-likeness (QED) is 0.523. The first kappa shape index (κ1) is 12.0. The van der Waals surface area contributed by atoms with E-state index in [0.717, 1.165) is 25.2 Å². The van der Waals surface area contributed by atoms with Gasteiger partial charge in [0.05, 0.1) is 0 Å². The molecule has 3 heteroatoms. The van der Waals surface area contributed by atoms with E-state index in [1.807, 2.05) is 0 Å². The minimum absolute atomic E-state index is 0.588. The normalized spacial score (nSPS) is 20.3. The van der Waals surface area contributed by atoms with E-state index in [2.05, 4.69) is 30.2 Å². The first-order valence-corrected chi connectivity index (χ1v) is 5.86. The summed E-state index contributed by atoms with van der Waals surface area (Å²) in [6, 6.07) is 0.674. The van der Waals surface area contributed by atoms with Crippen molar-refractivity contribution in [3.63, 3.8) is 0 Å². The van der Waals surface area contributed by atoms with Gasteiger partial charge in [-0.05, 0) is 19.4 Å². The highest BCUT2D eigenvalue weighted by Gasteiger charge is 2.18. The number of hydrogen-bond acceptors (Lipinski definition) is 2. The summed E-state index contributed by atoms with van der Waals surface area (Å²) in [5.41, 5.74) is 1.13. The van der Waals surface area contributed by atoms with Gasteiger partial charge in [0, 0.05) is 44.6 Å². The second kappa shape index (κ2) is 5.74. The van der Waals surface area contributed by atoms with E-state index in [9.17, 15) is 0 Å². The lowest BCUT2D eigenvalue weighted by atomic mass is 10.2. The van der Waals surface area contributed by atoms with Crippen LogP contribution in [0.5, 0.6) is 0 Å². The van der Waals surface area contributed by atoms with Gasteiger partial charge >= 0.3 is 0 Å². The van der Waals surface area contributed by atoms with Crippen LogP contribution in [0.2, 0.25) is 0 Å². The highest BCUT2D eigenvalue weighted by atomic mass is 35.5. The third-order valence-electron chi connectivity index (χ3n) is 2.77. The van der Waals surface area contributed by atoms with Crippen LogP contribution in [0.3, 0.4) is 0 Å². The molecular weight excluding hydrogens is 196 g/mol. The zero-order chi connectivity index (χ0) is 10.6. The zero-order valence-electron chi connectivity index (χ0n) is 9.30. The van der Waals surface area contributed by atoms with E-state index in [1.54, 1.807) is 0 Å². The van der Waals surface area contributed by atoms with Crippen molar-refractivity contribution in [3.05, 3.63) is 12.2 Å². The van der Waals surface area contributed by atoms with Crippen molar-refractivity contribution in [2.45, 2.75) is 19.9 Å². The van der Waals surface area contributed by atoms with Crippen molar-refractivity contribution < 1.29 is 0 Å². The fourth-order valence-corrected chi connectivity index (χ4v) is 1.88. The molecule has 14 heavy (non-hydrogen) atoms. The Balaban J connectivity index is 2.25. The summed E-state index contributed by atoms with van der Waals surface area (Å²) >= 11 is 5.71. The van der Waals surface area contributed by atoms with Crippen molar-refractivity contribution in [2.75, 3.05) is 38.6 Å². The predicted molar refractivity (Wildman–Crippen MR) is 63.0 cm³/mol. The highest BCUT2D eigenvalue weighted by molar-refractivity contribution is 6.19. The van der Waals surface area contributed by atoms with Crippen LogP contribution in [0.25, 0.3) is 0 Å². The Morgan fingerprint density at radius 3 is 2.29 bits per heavy atom. The monoisotopic (exact) mass is 216 g/mol. The Labute approximate surface area is 92.5 Å². The molecule has 1 fully saturated rings. The van der Waals surface area contributed by atoms with Crippen LogP contribution in [0.15, 0.2) is 12.2 Å². The molecule has 0 saturated carbocycles. The van der Waals surface area contributed by atoms with Gasteiger partial charge < -0.3 is 0 Å². The summed E-state index contributed by atoms with van der Waals surface area (Å²) in [5, 5.41) is 0. The maximum Gasteiger partial charge on any atom is 0.0443 e. The van der Waals surface area contributed by atoms with Crippen molar-refractivity contribution >= 4 is 11.6 Å². The average Bonchev–Trinajstić information content (AvgIpc) is 2.18. The van der Waals surface area contributed by atoms with E-state index in [1.165, 1.54) is 13.1 Å². The average molecular weight is 217 g/mol. The first-order chi connectivity index (χ1) is 6.63. The van der Waals surface area contributed by atoms with Crippen LogP contribution in [0.4, 0.5) is 0 Å². The van der Waals surface area contributed by atoms with Crippen molar-refractivity contribution in [2.24, 2.45) is 0 Å². The Morgan fingerprint density at radius 2 is 1.86 bits per heavy atom. The number of hydrogen-bond donors (Lipinski definition) is 0. The Bertz CT molecular complexity index is 184. The minimum Gasteiger partial charge on any atom is -0.298 e. The van der Waals surface area contributed by atoms with Gasteiger partial charge in [-0.2, -0.15) is 0 Å². The topological polar surface area (TPSA) is 6.48 Å². The smallest absolute Gasteiger partial charge is 0.0443 e. The first-order valence-electron chi connectivity index (χ1n) is 5.32. The maximum atomic E-state index is 5.71. The van der Waals surface area contributed by atoms with Gasteiger partial charge in [-0.25, -0.2) is 0 Å². The second-order valence-corrected chi connectivity index (χ2v) is 4.56. The van der Waals surface area contributed by atoms with Gasteiger partial charge in [0.25, 0.3) is 0 Å². The second-order valence-electron chi connectivity index (χ2n) is 4.29. The molecule has 1 aliphatic heterocycles. The molecule has 0 amide bonds. The number of alkyl halides is 1. The fourth-order valence-electron chi connectivity index (χ4n) is 1.80. The molecule has 0 aromatic carbocycles. The number of nitrogens with zero attached hydrogens (tertiary/aromatic N) is 2. The van der Waals surface area contributed by atoms with Gasteiger partial charge in [0.15, 0.2) is 0 Å². The number of halogens is 1. The SMILES string of the molecule is C=C(CCl)CN1CCN(C(C)C)CC1. The van der Waals surface area contributed by atoms with Crippen LogP contribution >= 0.6 is 11.6 Å². The van der Waals surface area contributed by atoms with Gasteiger partial charge in [-0.1, -0.05) is 6.58 Å². The summed E-state index contributed by atoms with van der Waals surface area (Å²) < 4.78 is 0. The summed E-state index contributed by atoms with van der Waals surface area (Å²) in [7, 11) is 0. The van der Waals surface area contributed by atoms with Crippen LogP contribution < -0.4 is 0 Å². The zero-order valence-corrected chi connectivity index (χ0v) is 10.1. The lowest BCUT2D eigenvalue weighted by Crippen LogP contribution is -2.49. The fraction of sp³-hybridized carbons (Fsp3) is 0.818. The summed E-state index contributed by atoms with van der Waals surface area (Å²) in [5.74, 6) is 0.588. The molecule has 0 aromatic heterocycles. The lowest BCUT2D eigenvalue weighted by molar-refractivity contribution is 0.115. The molecular formula is C11H21ClN2. The molecule has 82 valence electrons. The van der Waals surface area contributed by atoms with Crippen molar-refractivity contribution in [1.29, 1.82) is 0 Å². The van der Waals surface area contributed by atoms with E-state index in [4.69, 9.17) is 11.6 Å². The molecule has 0 atom stereocenters. The molecule has 0 unspecified atom stereocenters. The standard InChI is InChI=1S/C11H21ClN2/c1-10(2)14-6-4-13(5-7-14)9-11(3)8-12/h10H,3-9H2,1-2H3. The minimum atomic E-state index is 0.588. The predicted octanol–water partition coefficient (Wildman–Crippen LogP) is 1.81. The molecule has 0 N–H and O–H groups in total. The summed E-state index contributed by atoms with van der Waals surface area (Å²) in [6.45, 7) is 14.1. The van der Waals surface area contributed by atoms with Crippen LogP contribution in [-0.4, -0.2) is 54.4 Å². The molecule has 2 nitrogen and oxygen atoms in total. The van der Waals surface area contributed by atoms with Gasteiger partial charge in [0.1, 0.15) is 0 Å². The van der Waals surface area contributed by atoms with E-state index < -0.39 is 0 Å². The molecule has 0 radical (unpaired) electrons. The molecule has 1 rings (SSSR count). The van der Waals surface area contributed by atoms with Crippen LogP contribution in [-0.2, 0) is 0 Å². The largest absolute Gasteiger partial charge is 0.298 e. The number of rotatable bonds is 4. The third kappa shape index (κ3) is 3.60. The molecule has 0 bridgehead atoms. The molecule has 1 heterocycles. The van der Waals surface area contributed by atoms with E-state index in [-0.39, 0.29) is 0 Å². The molecule has 1 saturated heterocycles. The maximum absolute atomic E-state index is 5.71. The third-order valence-corrected chi connectivity index (χ3v) is 3.15. The van der Waals surface area contributed by atoms with Gasteiger partial charge in [-0.15, -0.1) is 11.6 Å². The van der Waals surface area contributed by atoms with Crippen molar-refractivity contribution in [3.8, 4) is 0 Å². The van der Waals surface area contributed by atoms with E-state index >= 15 is 0 Å². The Morgan fingerprint density at radius 1 is 1.29 bits per heavy atom. The lowest BCUT2D eigenvalue weighted by Gasteiger charge is -2.37. The number of piperazine rings is 1. The summed E-state index contributed by atoms with van der Waals surface area (Å²) in [4.78, 5) is 4.95. The van der Waals surface area contributed by atoms with Gasteiger partial charge in [0.2, 0.25) is 0 Å². The van der Waals surface area contributed by atoms with E-state index in [0.29, 0.717) is 11.9 Å². The Kier molecular flexibility index (Phi) is 4.93. The Hall–Kier alpha value is -0.0500. The van der Waals surface area contributed by atoms with Crippen molar-refractivity contribution in [1.82, 2.24) is 9.80 Å². The van der Waals surface area contributed by atoms with Crippen LogP contribution in [0, 0.1) is 0 Å². The van der Waals surface area contributed by atoms with Crippen LogP contribution in [0.1, 0.15) is 13.8 Å². The molecule has 1 aliphatic rings. The highest BCUT2D eigenvalue weighted by Crippen LogP contribution is 2.07. The molecule has 0 aliphatic carbocycles. The summed E-state index contributed by atoms with van der Waals surface area (Å²) in [6.07, 6.45) is 0. The van der Waals surface area contributed by atoms with Gasteiger partial charge in [-0.3, -0.25) is 9.80 Å².